The van der Waals surface area contributed by atoms with Crippen LogP contribution in [0, 0.1) is 5.92 Å². The smallest absolute Gasteiger partial charge is 0.337 e. The first kappa shape index (κ1) is 12.9. The van der Waals surface area contributed by atoms with Crippen LogP contribution in [0.3, 0.4) is 0 Å². The number of carboxylic acid groups (broad SMARTS) is 1. The highest BCUT2D eigenvalue weighted by molar-refractivity contribution is 6.31. The van der Waals surface area contributed by atoms with E-state index >= 15 is 0 Å². The Labute approximate surface area is 110 Å². The summed E-state index contributed by atoms with van der Waals surface area (Å²) in [5.41, 5.74) is 0.331. The maximum Gasteiger partial charge on any atom is 0.337 e. The number of carboxylic acids is 1. The van der Waals surface area contributed by atoms with Gasteiger partial charge in [-0.1, -0.05) is 24.4 Å². The quantitative estimate of drug-likeness (QED) is 0.884. The summed E-state index contributed by atoms with van der Waals surface area (Å²) >= 11 is 5.82. The molecule has 0 heterocycles. The molecule has 0 unspecified atom stereocenters. The number of benzene rings is 1. The molecule has 0 aromatic heterocycles. The molecule has 18 heavy (non-hydrogen) atoms. The summed E-state index contributed by atoms with van der Waals surface area (Å²) in [6.45, 7) is 0. The number of halogens is 1. The van der Waals surface area contributed by atoms with E-state index in [2.05, 4.69) is 5.32 Å². The fourth-order valence-corrected chi connectivity index (χ4v) is 2.40. The predicted molar refractivity (Wildman–Crippen MR) is 69.0 cm³/mol. The summed E-state index contributed by atoms with van der Waals surface area (Å²) in [6, 6.07) is 4.36. The molecule has 4 nitrogen and oxygen atoms in total. The molecule has 1 aromatic carbocycles. The first-order chi connectivity index (χ1) is 8.58. The Morgan fingerprint density at radius 3 is 2.56 bits per heavy atom. The van der Waals surface area contributed by atoms with E-state index in [-0.39, 0.29) is 23.1 Å². The van der Waals surface area contributed by atoms with E-state index in [0.29, 0.717) is 5.02 Å². The number of rotatable bonds is 3. The minimum absolute atomic E-state index is 0.00868. The van der Waals surface area contributed by atoms with Crippen molar-refractivity contribution in [2.24, 2.45) is 5.92 Å². The first-order valence-corrected chi connectivity index (χ1v) is 6.29. The fourth-order valence-electron chi connectivity index (χ4n) is 2.23. The van der Waals surface area contributed by atoms with E-state index in [1.54, 1.807) is 0 Å². The molecule has 1 aliphatic rings. The van der Waals surface area contributed by atoms with Crippen LogP contribution in [0.4, 0.5) is 5.69 Å². The topological polar surface area (TPSA) is 66.4 Å². The minimum Gasteiger partial charge on any atom is -0.478 e. The van der Waals surface area contributed by atoms with Crippen molar-refractivity contribution in [2.45, 2.75) is 25.7 Å². The van der Waals surface area contributed by atoms with Crippen molar-refractivity contribution in [3.05, 3.63) is 28.8 Å². The van der Waals surface area contributed by atoms with E-state index in [4.69, 9.17) is 16.7 Å². The summed E-state index contributed by atoms with van der Waals surface area (Å²) in [4.78, 5) is 23.0. The molecule has 0 aliphatic heterocycles. The van der Waals surface area contributed by atoms with Gasteiger partial charge in [-0.3, -0.25) is 4.79 Å². The normalized spacial score (nSPS) is 15.6. The summed E-state index contributed by atoms with van der Waals surface area (Å²) in [7, 11) is 0. The average molecular weight is 268 g/mol. The fraction of sp³-hybridized carbons (Fsp3) is 0.385. The lowest BCUT2D eigenvalue weighted by atomic mass is 10.1. The third-order valence-electron chi connectivity index (χ3n) is 3.20. The van der Waals surface area contributed by atoms with Gasteiger partial charge < -0.3 is 10.4 Å². The summed E-state index contributed by atoms with van der Waals surface area (Å²) in [5.74, 6) is -1.20. The van der Waals surface area contributed by atoms with E-state index in [1.165, 1.54) is 18.2 Å². The SMILES string of the molecule is O=C(O)c1ccc(Cl)cc1NC(=O)C1CCCC1. The third-order valence-corrected chi connectivity index (χ3v) is 3.43. The molecular formula is C13H14ClNO3. The van der Waals surface area contributed by atoms with Crippen LogP contribution in [-0.2, 0) is 4.79 Å². The Morgan fingerprint density at radius 2 is 1.94 bits per heavy atom. The molecule has 0 atom stereocenters. The molecule has 1 aliphatic carbocycles. The van der Waals surface area contributed by atoms with Crippen molar-refractivity contribution in [3.63, 3.8) is 0 Å². The summed E-state index contributed by atoms with van der Waals surface area (Å²) in [6.07, 6.45) is 3.85. The number of hydrogen-bond donors (Lipinski definition) is 2. The molecule has 1 fully saturated rings. The van der Waals surface area contributed by atoms with Crippen LogP contribution in [0.1, 0.15) is 36.0 Å². The van der Waals surface area contributed by atoms with Crippen LogP contribution in [-0.4, -0.2) is 17.0 Å². The van der Waals surface area contributed by atoms with E-state index in [1.807, 2.05) is 0 Å². The molecule has 1 aromatic rings. The minimum atomic E-state index is -1.08. The van der Waals surface area contributed by atoms with Gasteiger partial charge in [0, 0.05) is 10.9 Å². The second-order valence-corrected chi connectivity index (χ2v) is 4.90. The Kier molecular flexibility index (Phi) is 3.87. The van der Waals surface area contributed by atoms with Gasteiger partial charge in [0.15, 0.2) is 0 Å². The third kappa shape index (κ3) is 2.82. The van der Waals surface area contributed by atoms with Gasteiger partial charge in [0.25, 0.3) is 0 Å². The molecule has 0 saturated heterocycles. The number of amides is 1. The highest BCUT2D eigenvalue weighted by Crippen LogP contribution is 2.27. The second kappa shape index (κ2) is 5.40. The zero-order valence-electron chi connectivity index (χ0n) is 9.78. The van der Waals surface area contributed by atoms with Crippen LogP contribution in [0.2, 0.25) is 5.02 Å². The molecule has 2 N–H and O–H groups in total. The summed E-state index contributed by atoms with van der Waals surface area (Å²) < 4.78 is 0. The van der Waals surface area contributed by atoms with Gasteiger partial charge in [-0.15, -0.1) is 0 Å². The Morgan fingerprint density at radius 1 is 1.28 bits per heavy atom. The number of nitrogens with one attached hydrogen (secondary N) is 1. The maximum absolute atomic E-state index is 12.0. The molecule has 96 valence electrons. The second-order valence-electron chi connectivity index (χ2n) is 4.47. The van der Waals surface area contributed by atoms with Crippen LogP contribution in [0.25, 0.3) is 0 Å². The lowest BCUT2D eigenvalue weighted by molar-refractivity contribution is -0.119. The van der Waals surface area contributed by atoms with E-state index in [9.17, 15) is 9.59 Å². The number of hydrogen-bond acceptors (Lipinski definition) is 2. The maximum atomic E-state index is 12.0. The van der Waals surface area contributed by atoms with Gasteiger partial charge in [0.2, 0.25) is 5.91 Å². The number of aromatic carboxylic acids is 1. The van der Waals surface area contributed by atoms with Crippen molar-refractivity contribution >= 4 is 29.2 Å². The van der Waals surface area contributed by atoms with Crippen LogP contribution >= 0.6 is 11.6 Å². The molecule has 2 rings (SSSR count). The number of anilines is 1. The predicted octanol–water partition coefficient (Wildman–Crippen LogP) is 3.17. The zero-order valence-corrected chi connectivity index (χ0v) is 10.5. The molecule has 1 saturated carbocycles. The van der Waals surface area contributed by atoms with Crippen LogP contribution < -0.4 is 5.32 Å². The van der Waals surface area contributed by atoms with Crippen molar-refractivity contribution < 1.29 is 14.7 Å². The molecule has 0 radical (unpaired) electrons. The Balaban J connectivity index is 2.19. The van der Waals surface area contributed by atoms with Gasteiger partial charge >= 0.3 is 5.97 Å². The standard InChI is InChI=1S/C13H14ClNO3/c14-9-5-6-10(13(17)18)11(7-9)15-12(16)8-3-1-2-4-8/h5-8H,1-4H2,(H,15,16)(H,17,18). The molecule has 5 heteroatoms. The lowest BCUT2D eigenvalue weighted by Crippen LogP contribution is -2.21. The van der Waals surface area contributed by atoms with Crippen LogP contribution in [0.15, 0.2) is 18.2 Å². The Hall–Kier alpha value is -1.55. The van der Waals surface area contributed by atoms with Gasteiger partial charge in [-0.05, 0) is 31.0 Å². The molecule has 1 amide bonds. The van der Waals surface area contributed by atoms with Gasteiger partial charge in [-0.2, -0.15) is 0 Å². The number of carbonyl (C=O) groups is 2. The van der Waals surface area contributed by atoms with Crippen LogP contribution in [0.5, 0.6) is 0 Å². The monoisotopic (exact) mass is 267 g/mol. The van der Waals surface area contributed by atoms with E-state index < -0.39 is 5.97 Å². The van der Waals surface area contributed by atoms with E-state index in [0.717, 1.165) is 25.7 Å². The average Bonchev–Trinajstić information content (AvgIpc) is 2.81. The zero-order chi connectivity index (χ0) is 13.1. The lowest BCUT2D eigenvalue weighted by Gasteiger charge is -2.12. The van der Waals surface area contributed by atoms with Gasteiger partial charge in [0.1, 0.15) is 0 Å². The molecular weight excluding hydrogens is 254 g/mol. The van der Waals surface area contributed by atoms with Crippen molar-refractivity contribution in [1.29, 1.82) is 0 Å². The first-order valence-electron chi connectivity index (χ1n) is 5.91. The largest absolute Gasteiger partial charge is 0.478 e. The summed E-state index contributed by atoms with van der Waals surface area (Å²) in [5, 5.41) is 12.1. The van der Waals surface area contributed by atoms with Crippen molar-refractivity contribution in [3.8, 4) is 0 Å². The van der Waals surface area contributed by atoms with Gasteiger partial charge in [0.05, 0.1) is 11.3 Å². The van der Waals surface area contributed by atoms with Crippen molar-refractivity contribution in [1.82, 2.24) is 0 Å². The highest BCUT2D eigenvalue weighted by atomic mass is 35.5. The number of carbonyl (C=O) groups excluding carboxylic acids is 1. The van der Waals surface area contributed by atoms with Crippen molar-refractivity contribution in [2.75, 3.05) is 5.32 Å². The highest BCUT2D eigenvalue weighted by Gasteiger charge is 2.24. The molecule has 0 bridgehead atoms. The molecule has 0 spiro atoms. The Bertz CT molecular complexity index is 481. The van der Waals surface area contributed by atoms with Gasteiger partial charge in [-0.25, -0.2) is 4.79 Å².